The summed E-state index contributed by atoms with van der Waals surface area (Å²) < 4.78 is 5.33. The number of ether oxygens (including phenoxy) is 1. The minimum Gasteiger partial charge on any atom is -0.508 e. The van der Waals surface area contributed by atoms with Crippen molar-refractivity contribution in [2.24, 2.45) is 0 Å². The summed E-state index contributed by atoms with van der Waals surface area (Å²) in [5.41, 5.74) is -0.236. The zero-order valence-electron chi connectivity index (χ0n) is 14.7. The molecule has 1 aliphatic rings. The fourth-order valence-electron chi connectivity index (χ4n) is 2.55. The van der Waals surface area contributed by atoms with E-state index in [0.717, 1.165) is 0 Å². The van der Waals surface area contributed by atoms with Crippen molar-refractivity contribution in [3.8, 4) is 11.5 Å². The van der Waals surface area contributed by atoms with Crippen molar-refractivity contribution in [2.45, 2.75) is 45.3 Å². The number of hydrogen-bond acceptors (Lipinski definition) is 5. The Balaban J connectivity index is 1.79. The minimum absolute atomic E-state index is 0.0652. The monoisotopic (exact) mass is 351 g/mol. The first-order valence-electron chi connectivity index (χ1n) is 8.21. The Morgan fingerprint density at radius 2 is 1.68 bits per heavy atom. The summed E-state index contributed by atoms with van der Waals surface area (Å²) in [6.07, 6.45) is 0.904. The average molecular weight is 351 g/mol. The molecule has 1 saturated heterocycles. The van der Waals surface area contributed by atoms with Crippen LogP contribution in [0.5, 0.6) is 11.5 Å². The second-order valence-corrected chi connectivity index (χ2v) is 7.08. The van der Waals surface area contributed by atoms with Crippen LogP contribution in [0.2, 0.25) is 0 Å². The van der Waals surface area contributed by atoms with Crippen LogP contribution in [0.4, 0.5) is 15.3 Å². The zero-order valence-corrected chi connectivity index (χ0v) is 14.7. The van der Waals surface area contributed by atoms with Crippen LogP contribution in [0.3, 0.4) is 0 Å². The molecule has 4 N–H and O–H groups in total. The third-order valence-electron chi connectivity index (χ3n) is 3.64. The Labute approximate surface area is 146 Å². The van der Waals surface area contributed by atoms with Gasteiger partial charge in [-0.2, -0.15) is 0 Å². The topological polar surface area (TPSA) is 111 Å². The van der Waals surface area contributed by atoms with Gasteiger partial charge in [-0.25, -0.2) is 9.59 Å². The molecule has 8 nitrogen and oxygen atoms in total. The van der Waals surface area contributed by atoms with Gasteiger partial charge in [0.25, 0.3) is 0 Å². The lowest BCUT2D eigenvalue weighted by atomic mass is 10.1. The molecular formula is C17H25N3O5. The number of carbonyl (C=O) groups is 2. The van der Waals surface area contributed by atoms with Crippen LogP contribution in [0.25, 0.3) is 0 Å². The molecule has 0 unspecified atom stereocenters. The molecule has 3 amide bonds. The van der Waals surface area contributed by atoms with E-state index < -0.39 is 11.6 Å². The normalized spacial score (nSPS) is 15.6. The smallest absolute Gasteiger partial charge is 0.410 e. The number of rotatable bonds is 2. The number of carbonyl (C=O) groups excluding carboxylic acids is 2. The van der Waals surface area contributed by atoms with Crippen molar-refractivity contribution >= 4 is 17.8 Å². The van der Waals surface area contributed by atoms with Gasteiger partial charge in [0.15, 0.2) is 0 Å². The third kappa shape index (κ3) is 6.06. The molecule has 1 aromatic carbocycles. The van der Waals surface area contributed by atoms with Gasteiger partial charge in [-0.1, -0.05) is 0 Å². The number of hydrogen-bond donors (Lipinski definition) is 4. The molecule has 25 heavy (non-hydrogen) atoms. The van der Waals surface area contributed by atoms with Crippen LogP contribution >= 0.6 is 0 Å². The molecule has 0 spiro atoms. The van der Waals surface area contributed by atoms with E-state index in [-0.39, 0.29) is 23.6 Å². The van der Waals surface area contributed by atoms with Gasteiger partial charge in [0.1, 0.15) is 17.1 Å². The van der Waals surface area contributed by atoms with E-state index in [1.54, 1.807) is 4.90 Å². The molecule has 0 aromatic heterocycles. The summed E-state index contributed by atoms with van der Waals surface area (Å²) in [6.45, 7) is 6.48. The van der Waals surface area contributed by atoms with Crippen LogP contribution in [0.15, 0.2) is 18.2 Å². The van der Waals surface area contributed by atoms with Crippen molar-refractivity contribution in [3.05, 3.63) is 18.2 Å². The molecule has 0 atom stereocenters. The fourth-order valence-corrected chi connectivity index (χ4v) is 2.55. The fraction of sp³-hybridized carbons (Fsp3) is 0.529. The molecule has 2 rings (SSSR count). The molecule has 0 radical (unpaired) electrons. The highest BCUT2D eigenvalue weighted by Gasteiger charge is 2.27. The van der Waals surface area contributed by atoms with Crippen LogP contribution in [-0.4, -0.2) is 52.0 Å². The second kappa shape index (κ2) is 7.50. The molecular weight excluding hydrogens is 326 g/mol. The van der Waals surface area contributed by atoms with Crippen LogP contribution in [0.1, 0.15) is 33.6 Å². The molecule has 138 valence electrons. The third-order valence-corrected chi connectivity index (χ3v) is 3.64. The van der Waals surface area contributed by atoms with Gasteiger partial charge in [0.05, 0.1) is 0 Å². The number of amides is 3. The van der Waals surface area contributed by atoms with E-state index in [0.29, 0.717) is 31.6 Å². The molecule has 1 heterocycles. The molecule has 1 aliphatic heterocycles. The maximum absolute atomic E-state index is 12.0. The molecule has 0 saturated carbocycles. The maximum atomic E-state index is 12.0. The van der Waals surface area contributed by atoms with E-state index >= 15 is 0 Å². The summed E-state index contributed by atoms with van der Waals surface area (Å²) in [7, 11) is 0. The lowest BCUT2D eigenvalue weighted by Crippen LogP contribution is -2.48. The second-order valence-electron chi connectivity index (χ2n) is 7.08. The van der Waals surface area contributed by atoms with Crippen LogP contribution in [0, 0.1) is 0 Å². The number of phenolic OH excluding ortho intramolecular Hbond substituents is 2. The lowest BCUT2D eigenvalue weighted by molar-refractivity contribution is 0.0202. The Kier molecular flexibility index (Phi) is 5.61. The highest BCUT2D eigenvalue weighted by Crippen LogP contribution is 2.24. The lowest BCUT2D eigenvalue weighted by Gasteiger charge is -2.33. The van der Waals surface area contributed by atoms with Gasteiger partial charge in [-0.3, -0.25) is 0 Å². The van der Waals surface area contributed by atoms with Crippen molar-refractivity contribution in [1.29, 1.82) is 0 Å². The number of nitrogens with one attached hydrogen (secondary N) is 2. The predicted octanol–water partition coefficient (Wildman–Crippen LogP) is 2.62. The van der Waals surface area contributed by atoms with E-state index in [4.69, 9.17) is 4.74 Å². The Bertz CT molecular complexity index is 613. The van der Waals surface area contributed by atoms with Crippen molar-refractivity contribution in [1.82, 2.24) is 10.2 Å². The molecule has 0 bridgehead atoms. The van der Waals surface area contributed by atoms with E-state index in [1.165, 1.54) is 18.2 Å². The van der Waals surface area contributed by atoms with Gasteiger partial charge >= 0.3 is 12.1 Å². The highest BCUT2D eigenvalue weighted by atomic mass is 16.6. The SMILES string of the molecule is CC(C)(C)OC(=O)N1CCC(NC(=O)Nc2cc(O)cc(O)c2)CC1. The zero-order chi connectivity index (χ0) is 18.6. The largest absolute Gasteiger partial charge is 0.508 e. The van der Waals surface area contributed by atoms with Crippen molar-refractivity contribution in [2.75, 3.05) is 18.4 Å². The Hall–Kier alpha value is -2.64. The van der Waals surface area contributed by atoms with Crippen LogP contribution in [-0.2, 0) is 4.74 Å². The Morgan fingerprint density at radius 3 is 2.20 bits per heavy atom. The number of anilines is 1. The first-order chi connectivity index (χ1) is 11.6. The standard InChI is InChI=1S/C17H25N3O5/c1-17(2,3)25-16(24)20-6-4-11(5-7-20)18-15(23)19-12-8-13(21)10-14(22)9-12/h8-11,21-22H,4-7H2,1-3H3,(H2,18,19,23). The van der Waals surface area contributed by atoms with E-state index in [2.05, 4.69) is 10.6 Å². The van der Waals surface area contributed by atoms with Gasteiger partial charge in [0.2, 0.25) is 0 Å². The average Bonchev–Trinajstić information content (AvgIpc) is 2.44. The summed E-state index contributed by atoms with van der Waals surface area (Å²) in [6, 6.07) is 3.36. The number of nitrogens with zero attached hydrogens (tertiary/aromatic N) is 1. The highest BCUT2D eigenvalue weighted by molar-refractivity contribution is 5.90. The summed E-state index contributed by atoms with van der Waals surface area (Å²) >= 11 is 0. The van der Waals surface area contributed by atoms with Gasteiger partial charge < -0.3 is 30.5 Å². The minimum atomic E-state index is -0.529. The molecule has 0 aliphatic carbocycles. The molecule has 1 fully saturated rings. The van der Waals surface area contributed by atoms with Crippen molar-refractivity contribution in [3.63, 3.8) is 0 Å². The predicted molar refractivity (Wildman–Crippen MR) is 92.8 cm³/mol. The van der Waals surface area contributed by atoms with Crippen molar-refractivity contribution < 1.29 is 24.5 Å². The number of likely N-dealkylation sites (tertiary alicyclic amines) is 1. The molecule has 8 heteroatoms. The maximum Gasteiger partial charge on any atom is 0.410 e. The van der Waals surface area contributed by atoms with E-state index in [1.807, 2.05) is 20.8 Å². The first kappa shape index (κ1) is 18.7. The Morgan fingerprint density at radius 1 is 1.12 bits per heavy atom. The summed E-state index contributed by atoms with van der Waals surface area (Å²) in [4.78, 5) is 25.7. The van der Waals surface area contributed by atoms with Crippen LogP contribution < -0.4 is 10.6 Å². The summed E-state index contributed by atoms with van der Waals surface area (Å²) in [5, 5.41) is 24.2. The summed E-state index contributed by atoms with van der Waals surface area (Å²) in [5.74, 6) is -0.276. The number of aromatic hydroxyl groups is 2. The number of benzene rings is 1. The van der Waals surface area contributed by atoms with Gasteiger partial charge in [-0.15, -0.1) is 0 Å². The van der Waals surface area contributed by atoms with E-state index in [9.17, 15) is 19.8 Å². The molecule has 1 aromatic rings. The number of phenols is 2. The first-order valence-corrected chi connectivity index (χ1v) is 8.21. The van der Waals surface area contributed by atoms with Gasteiger partial charge in [0, 0.05) is 43.0 Å². The van der Waals surface area contributed by atoms with Gasteiger partial charge in [-0.05, 0) is 33.6 Å². The quantitative estimate of drug-likeness (QED) is 0.654. The number of urea groups is 1. The number of piperidine rings is 1.